The van der Waals surface area contributed by atoms with Crippen molar-refractivity contribution in [1.82, 2.24) is 4.98 Å². The van der Waals surface area contributed by atoms with E-state index in [-0.39, 0.29) is 17.1 Å². The molecule has 0 spiro atoms. The smallest absolute Gasteiger partial charge is 0.165 e. The molecule has 1 aliphatic carbocycles. The molecule has 92 valence electrons. The Bertz CT molecular complexity index is 606. The number of allylic oxidation sites excluding steroid dienone is 2. The number of rotatable bonds is 1. The summed E-state index contributed by atoms with van der Waals surface area (Å²) in [4.78, 5) is 16.7. The zero-order valence-electron chi connectivity index (χ0n) is 10.5. The molecule has 18 heavy (non-hydrogen) atoms. The Hall–Kier alpha value is -1.48. The molecule has 0 bridgehead atoms. The second-order valence-corrected chi connectivity index (χ2v) is 6.56. The van der Waals surface area contributed by atoms with Crippen LogP contribution in [0.5, 0.6) is 0 Å². The van der Waals surface area contributed by atoms with Gasteiger partial charge < -0.3 is 0 Å². The number of carbonyl (C=O) groups is 1. The van der Waals surface area contributed by atoms with E-state index in [1.807, 2.05) is 24.3 Å². The van der Waals surface area contributed by atoms with Gasteiger partial charge in [-0.3, -0.25) is 4.79 Å². The Labute approximate surface area is 110 Å². The Morgan fingerprint density at radius 3 is 2.89 bits per heavy atom. The molecule has 1 aromatic carbocycles. The predicted octanol–water partition coefficient (Wildman–Crippen LogP) is 3.94. The fraction of sp³-hybridized carbons (Fsp3) is 0.333. The lowest BCUT2D eigenvalue weighted by atomic mass is 9.77. The van der Waals surface area contributed by atoms with Gasteiger partial charge in [0.05, 0.1) is 16.1 Å². The summed E-state index contributed by atoms with van der Waals surface area (Å²) in [7, 11) is 0. The van der Waals surface area contributed by atoms with Gasteiger partial charge in [0.15, 0.2) is 5.78 Å². The molecule has 0 amide bonds. The largest absolute Gasteiger partial charge is 0.294 e. The number of nitrogens with zero attached hydrogens (tertiary/aromatic N) is 1. The number of aromatic nitrogens is 1. The number of benzene rings is 1. The third-order valence-corrected chi connectivity index (χ3v) is 4.53. The third-order valence-electron chi connectivity index (χ3n) is 3.38. The van der Waals surface area contributed by atoms with Gasteiger partial charge in [0.2, 0.25) is 0 Å². The summed E-state index contributed by atoms with van der Waals surface area (Å²) in [6.07, 6.45) is 4.58. The van der Waals surface area contributed by atoms with Crippen molar-refractivity contribution in [2.45, 2.75) is 26.2 Å². The van der Waals surface area contributed by atoms with E-state index in [0.29, 0.717) is 0 Å². The highest BCUT2D eigenvalue weighted by molar-refractivity contribution is 7.18. The first-order valence-electron chi connectivity index (χ1n) is 6.14. The Morgan fingerprint density at radius 1 is 1.33 bits per heavy atom. The van der Waals surface area contributed by atoms with E-state index in [1.165, 1.54) is 0 Å². The molecule has 1 atom stereocenters. The zero-order valence-corrected chi connectivity index (χ0v) is 11.3. The number of hydrogen-bond acceptors (Lipinski definition) is 3. The molecular formula is C15H15NOS. The fourth-order valence-electron chi connectivity index (χ4n) is 2.37. The minimum atomic E-state index is -0.0672. The molecule has 0 saturated carbocycles. The van der Waals surface area contributed by atoms with E-state index in [0.717, 1.165) is 21.6 Å². The van der Waals surface area contributed by atoms with Crippen LogP contribution in [0.4, 0.5) is 0 Å². The lowest BCUT2D eigenvalue weighted by Crippen LogP contribution is -2.23. The molecule has 0 fully saturated rings. The van der Waals surface area contributed by atoms with Crippen LogP contribution in [0, 0.1) is 5.41 Å². The molecule has 2 nitrogen and oxygen atoms in total. The number of carbonyl (C=O) groups excluding carboxylic acids is 1. The topological polar surface area (TPSA) is 30.0 Å². The number of hydrogen-bond donors (Lipinski definition) is 0. The summed E-state index contributed by atoms with van der Waals surface area (Å²) in [5.74, 6) is 0.121. The normalized spacial score (nSPS) is 22.6. The zero-order chi connectivity index (χ0) is 12.8. The van der Waals surface area contributed by atoms with Crippen molar-refractivity contribution in [3.63, 3.8) is 0 Å². The van der Waals surface area contributed by atoms with Crippen LogP contribution in [0.3, 0.4) is 0 Å². The van der Waals surface area contributed by atoms with Gasteiger partial charge in [0.1, 0.15) is 5.01 Å². The molecule has 1 unspecified atom stereocenters. The maximum Gasteiger partial charge on any atom is 0.165 e. The molecule has 1 heterocycles. The Kier molecular flexibility index (Phi) is 2.59. The monoisotopic (exact) mass is 257 g/mol. The molecule has 2 aromatic rings. The summed E-state index contributed by atoms with van der Waals surface area (Å²) >= 11 is 1.64. The van der Waals surface area contributed by atoms with Crippen LogP contribution >= 0.6 is 11.3 Å². The fourth-order valence-corrected chi connectivity index (χ4v) is 3.44. The number of ketones is 1. The van der Waals surface area contributed by atoms with E-state index >= 15 is 0 Å². The van der Waals surface area contributed by atoms with E-state index in [1.54, 1.807) is 17.4 Å². The Morgan fingerprint density at radius 2 is 2.11 bits per heavy atom. The maximum atomic E-state index is 12.0. The quantitative estimate of drug-likeness (QED) is 0.774. The second kappa shape index (κ2) is 4.02. The van der Waals surface area contributed by atoms with Crippen LogP contribution in [-0.2, 0) is 4.79 Å². The molecule has 0 N–H and O–H groups in total. The van der Waals surface area contributed by atoms with Crippen LogP contribution in [0.15, 0.2) is 36.4 Å². The van der Waals surface area contributed by atoms with Gasteiger partial charge in [-0.1, -0.05) is 32.1 Å². The van der Waals surface area contributed by atoms with Gasteiger partial charge in [-0.2, -0.15) is 0 Å². The first-order valence-corrected chi connectivity index (χ1v) is 6.95. The summed E-state index contributed by atoms with van der Waals surface area (Å²) in [6, 6.07) is 8.06. The second-order valence-electron chi connectivity index (χ2n) is 5.50. The average Bonchev–Trinajstić information content (AvgIpc) is 2.76. The van der Waals surface area contributed by atoms with Gasteiger partial charge in [-0.25, -0.2) is 4.98 Å². The minimum absolute atomic E-state index is 0.0672. The van der Waals surface area contributed by atoms with Crippen molar-refractivity contribution in [3.8, 4) is 0 Å². The third kappa shape index (κ3) is 1.99. The molecule has 1 aromatic heterocycles. The van der Waals surface area contributed by atoms with Gasteiger partial charge >= 0.3 is 0 Å². The summed E-state index contributed by atoms with van der Waals surface area (Å²) in [6.45, 7) is 4.33. The minimum Gasteiger partial charge on any atom is -0.294 e. The maximum absolute atomic E-state index is 12.0. The van der Waals surface area contributed by atoms with Gasteiger partial charge in [-0.15, -0.1) is 11.3 Å². The average molecular weight is 257 g/mol. The van der Waals surface area contributed by atoms with Crippen LogP contribution in [0.2, 0.25) is 0 Å². The highest BCUT2D eigenvalue weighted by Gasteiger charge is 2.32. The number of fused-ring (bicyclic) bond motifs is 1. The summed E-state index contributed by atoms with van der Waals surface area (Å²) in [5.41, 5.74) is 1.08. The molecule has 0 saturated heterocycles. The molecule has 0 aliphatic heterocycles. The summed E-state index contributed by atoms with van der Waals surface area (Å²) < 4.78 is 1.16. The van der Waals surface area contributed by atoms with Gasteiger partial charge in [-0.05, 0) is 30.0 Å². The van der Waals surface area contributed by atoms with E-state index < -0.39 is 0 Å². The lowest BCUT2D eigenvalue weighted by Gasteiger charge is -2.28. The van der Waals surface area contributed by atoms with E-state index in [2.05, 4.69) is 24.9 Å². The van der Waals surface area contributed by atoms with Crippen molar-refractivity contribution < 1.29 is 4.79 Å². The highest BCUT2D eigenvalue weighted by Crippen LogP contribution is 2.39. The first-order chi connectivity index (χ1) is 8.55. The molecule has 0 radical (unpaired) electrons. The van der Waals surface area contributed by atoms with Crippen molar-refractivity contribution in [2.24, 2.45) is 5.41 Å². The summed E-state index contributed by atoms with van der Waals surface area (Å²) in [5, 5.41) is 0.957. The van der Waals surface area contributed by atoms with Crippen LogP contribution in [0.1, 0.15) is 31.2 Å². The SMILES string of the molecule is CC1(C)C=CC(=O)C(c2nc3ccccc3s2)C1. The number of para-hydroxylation sites is 1. The standard InChI is InChI=1S/C15H15NOS/c1-15(2)8-7-12(17)10(9-15)14-16-11-5-3-4-6-13(11)18-14/h3-8,10H,9H2,1-2H3. The van der Waals surface area contributed by atoms with Crippen molar-refractivity contribution in [1.29, 1.82) is 0 Å². The lowest BCUT2D eigenvalue weighted by molar-refractivity contribution is -0.117. The van der Waals surface area contributed by atoms with Crippen LogP contribution in [0.25, 0.3) is 10.2 Å². The first kappa shape index (κ1) is 11.6. The molecular weight excluding hydrogens is 242 g/mol. The highest BCUT2D eigenvalue weighted by atomic mass is 32.1. The van der Waals surface area contributed by atoms with Crippen LogP contribution < -0.4 is 0 Å². The molecule has 3 rings (SSSR count). The van der Waals surface area contributed by atoms with Crippen LogP contribution in [-0.4, -0.2) is 10.8 Å². The van der Waals surface area contributed by atoms with E-state index in [9.17, 15) is 4.79 Å². The Balaban J connectivity index is 2.04. The van der Waals surface area contributed by atoms with Crippen molar-refractivity contribution in [2.75, 3.05) is 0 Å². The molecule has 1 aliphatic rings. The number of thiazole rings is 1. The van der Waals surface area contributed by atoms with Crippen molar-refractivity contribution in [3.05, 3.63) is 41.4 Å². The van der Waals surface area contributed by atoms with Gasteiger partial charge in [0.25, 0.3) is 0 Å². The molecule has 3 heteroatoms. The van der Waals surface area contributed by atoms with Crippen molar-refractivity contribution >= 4 is 27.3 Å². The predicted molar refractivity (Wildman–Crippen MR) is 74.9 cm³/mol. The van der Waals surface area contributed by atoms with E-state index in [4.69, 9.17) is 0 Å². The van der Waals surface area contributed by atoms with Gasteiger partial charge in [0, 0.05) is 0 Å².